The molecule has 0 fully saturated rings. The fourth-order valence-electron chi connectivity index (χ4n) is 2.03. The number of hydrogen-bond donors (Lipinski definition) is 3. The number of benzene rings is 2. The Kier molecular flexibility index (Phi) is 6.69. The molecule has 2 aromatic carbocycles. The van der Waals surface area contributed by atoms with Gasteiger partial charge in [-0.3, -0.25) is 9.59 Å². The minimum atomic E-state index is -0.215. The maximum atomic E-state index is 12.2. The van der Waals surface area contributed by atoms with Crippen molar-refractivity contribution in [3.8, 4) is 5.75 Å². The van der Waals surface area contributed by atoms with Crippen LogP contribution in [0.5, 0.6) is 5.75 Å². The van der Waals surface area contributed by atoms with Crippen molar-refractivity contribution in [2.24, 2.45) is 0 Å². The first-order valence-corrected chi connectivity index (χ1v) is 8.30. The Balaban J connectivity index is 1.95. The Hall–Kier alpha value is -2.47. The third-order valence-corrected chi connectivity index (χ3v) is 3.42. The zero-order valence-corrected chi connectivity index (χ0v) is 14.3. The molecule has 2 rings (SSSR count). The molecule has 0 saturated carbocycles. The Bertz CT molecular complexity index is 684. The van der Waals surface area contributed by atoms with Crippen molar-refractivity contribution in [2.75, 3.05) is 23.0 Å². The van der Waals surface area contributed by atoms with Gasteiger partial charge in [-0.1, -0.05) is 0 Å². The molecule has 6 heteroatoms. The summed E-state index contributed by atoms with van der Waals surface area (Å²) in [7, 11) is 0. The summed E-state index contributed by atoms with van der Waals surface area (Å²) in [5.41, 5.74) is 1.85. The van der Waals surface area contributed by atoms with Crippen LogP contribution in [0.25, 0.3) is 0 Å². The molecular weight excluding hydrogens is 324 g/mol. The van der Waals surface area contributed by atoms with Gasteiger partial charge in [-0.2, -0.15) is 12.6 Å². The molecule has 0 aliphatic rings. The molecular formula is C18H20N2O3S. The first-order valence-electron chi connectivity index (χ1n) is 7.67. The monoisotopic (exact) mass is 344 g/mol. The lowest BCUT2D eigenvalue weighted by Gasteiger charge is -2.08. The van der Waals surface area contributed by atoms with Gasteiger partial charge in [-0.25, -0.2) is 0 Å². The molecule has 0 atom stereocenters. The molecule has 2 amide bonds. The molecule has 126 valence electrons. The molecule has 0 aliphatic carbocycles. The van der Waals surface area contributed by atoms with E-state index in [1.165, 1.54) is 0 Å². The van der Waals surface area contributed by atoms with E-state index in [0.29, 0.717) is 35.7 Å². The molecule has 0 aromatic heterocycles. The predicted octanol–water partition coefficient (Wildman–Crippen LogP) is 3.60. The minimum Gasteiger partial charge on any atom is -0.494 e. The highest BCUT2D eigenvalue weighted by Crippen LogP contribution is 2.17. The fourth-order valence-corrected chi connectivity index (χ4v) is 2.24. The largest absolute Gasteiger partial charge is 0.494 e. The van der Waals surface area contributed by atoms with Gasteiger partial charge in [0.2, 0.25) is 5.91 Å². The Morgan fingerprint density at radius 1 is 0.958 bits per heavy atom. The van der Waals surface area contributed by atoms with Crippen molar-refractivity contribution >= 4 is 35.8 Å². The quantitative estimate of drug-likeness (QED) is 0.672. The number of ether oxygens (including phenoxy) is 1. The topological polar surface area (TPSA) is 67.4 Å². The summed E-state index contributed by atoms with van der Waals surface area (Å²) in [6, 6.07) is 13.9. The first kappa shape index (κ1) is 17.9. The summed E-state index contributed by atoms with van der Waals surface area (Å²) in [5.74, 6) is 0.940. The van der Waals surface area contributed by atoms with E-state index in [9.17, 15) is 9.59 Å². The van der Waals surface area contributed by atoms with Crippen molar-refractivity contribution < 1.29 is 14.3 Å². The number of carbonyl (C=O) groups is 2. The van der Waals surface area contributed by atoms with E-state index < -0.39 is 0 Å². The molecule has 0 unspecified atom stereocenters. The van der Waals surface area contributed by atoms with Gasteiger partial charge in [0.25, 0.3) is 5.91 Å². The number of amides is 2. The average Bonchev–Trinajstić information content (AvgIpc) is 2.57. The van der Waals surface area contributed by atoms with E-state index in [1.807, 2.05) is 6.92 Å². The maximum absolute atomic E-state index is 12.2. The van der Waals surface area contributed by atoms with Gasteiger partial charge < -0.3 is 15.4 Å². The second-order valence-corrected chi connectivity index (χ2v) is 5.46. The molecule has 0 spiro atoms. The van der Waals surface area contributed by atoms with E-state index >= 15 is 0 Å². The van der Waals surface area contributed by atoms with Crippen LogP contribution in [0.3, 0.4) is 0 Å². The normalized spacial score (nSPS) is 10.1. The average molecular weight is 344 g/mol. The lowest BCUT2D eigenvalue weighted by molar-refractivity contribution is -0.115. The van der Waals surface area contributed by atoms with E-state index in [0.717, 1.165) is 5.75 Å². The summed E-state index contributed by atoms with van der Waals surface area (Å²) in [4.78, 5) is 23.7. The van der Waals surface area contributed by atoms with Gasteiger partial charge in [0.1, 0.15) is 5.75 Å². The molecule has 2 N–H and O–H groups in total. The number of rotatable bonds is 7. The van der Waals surface area contributed by atoms with Crippen LogP contribution in [0, 0.1) is 0 Å². The lowest BCUT2D eigenvalue weighted by atomic mass is 10.2. The summed E-state index contributed by atoms with van der Waals surface area (Å²) in [6.07, 6.45) is 0.350. The van der Waals surface area contributed by atoms with Crippen LogP contribution in [0.4, 0.5) is 11.4 Å². The molecule has 0 radical (unpaired) electrons. The van der Waals surface area contributed by atoms with Gasteiger partial charge in [0.05, 0.1) is 6.61 Å². The van der Waals surface area contributed by atoms with Crippen molar-refractivity contribution in [3.05, 3.63) is 54.1 Å². The molecule has 2 aromatic rings. The van der Waals surface area contributed by atoms with Gasteiger partial charge in [-0.05, 0) is 61.2 Å². The number of hydrogen-bond acceptors (Lipinski definition) is 4. The maximum Gasteiger partial charge on any atom is 0.255 e. The van der Waals surface area contributed by atoms with Crippen molar-refractivity contribution in [1.82, 2.24) is 0 Å². The summed E-state index contributed by atoms with van der Waals surface area (Å²) < 4.78 is 5.36. The van der Waals surface area contributed by atoms with E-state index in [1.54, 1.807) is 48.5 Å². The number of carbonyl (C=O) groups excluding carboxylic acids is 2. The number of anilines is 2. The van der Waals surface area contributed by atoms with Gasteiger partial charge in [0, 0.05) is 23.4 Å². The standard InChI is InChI=1S/C18H20N2O3S/c1-2-23-16-9-7-15(8-10-16)20-18(22)13-3-5-14(6-4-13)19-17(21)11-12-24/h3-10,24H,2,11-12H2,1H3,(H,19,21)(H,20,22). The van der Waals surface area contributed by atoms with E-state index in [-0.39, 0.29) is 11.8 Å². The van der Waals surface area contributed by atoms with Crippen LogP contribution in [-0.4, -0.2) is 24.2 Å². The van der Waals surface area contributed by atoms with Crippen molar-refractivity contribution in [2.45, 2.75) is 13.3 Å². The molecule has 0 heterocycles. The highest BCUT2D eigenvalue weighted by atomic mass is 32.1. The molecule has 24 heavy (non-hydrogen) atoms. The van der Waals surface area contributed by atoms with Gasteiger partial charge in [0.15, 0.2) is 0 Å². The van der Waals surface area contributed by atoms with Crippen molar-refractivity contribution in [3.63, 3.8) is 0 Å². The summed E-state index contributed by atoms with van der Waals surface area (Å²) in [5, 5.41) is 5.56. The fraction of sp³-hybridized carbons (Fsp3) is 0.222. The number of thiol groups is 1. The van der Waals surface area contributed by atoms with Crippen molar-refractivity contribution in [1.29, 1.82) is 0 Å². The molecule has 0 bridgehead atoms. The van der Waals surface area contributed by atoms with Crippen LogP contribution < -0.4 is 15.4 Å². The molecule has 0 aliphatic heterocycles. The lowest BCUT2D eigenvalue weighted by Crippen LogP contribution is -2.13. The van der Waals surface area contributed by atoms with Gasteiger partial charge in [-0.15, -0.1) is 0 Å². The SMILES string of the molecule is CCOc1ccc(NC(=O)c2ccc(NC(=O)CCS)cc2)cc1. The second-order valence-electron chi connectivity index (χ2n) is 5.01. The number of nitrogens with one attached hydrogen (secondary N) is 2. The predicted molar refractivity (Wildman–Crippen MR) is 99.1 cm³/mol. The van der Waals surface area contributed by atoms with Gasteiger partial charge >= 0.3 is 0 Å². The summed E-state index contributed by atoms with van der Waals surface area (Å²) in [6.45, 7) is 2.52. The first-order chi connectivity index (χ1) is 11.6. The van der Waals surface area contributed by atoms with Crippen LogP contribution in [0.2, 0.25) is 0 Å². The third-order valence-electron chi connectivity index (χ3n) is 3.19. The van der Waals surface area contributed by atoms with Crippen LogP contribution in [0.1, 0.15) is 23.7 Å². The Morgan fingerprint density at radius 2 is 1.54 bits per heavy atom. The zero-order valence-electron chi connectivity index (χ0n) is 13.4. The minimum absolute atomic E-state index is 0.100. The van der Waals surface area contributed by atoms with E-state index in [2.05, 4.69) is 23.3 Å². The Morgan fingerprint density at radius 3 is 2.12 bits per heavy atom. The third kappa shape index (κ3) is 5.31. The highest BCUT2D eigenvalue weighted by molar-refractivity contribution is 7.80. The second kappa shape index (κ2) is 8.98. The summed E-state index contributed by atoms with van der Waals surface area (Å²) >= 11 is 4.01. The van der Waals surface area contributed by atoms with E-state index in [4.69, 9.17) is 4.74 Å². The molecule has 0 saturated heterocycles. The smallest absolute Gasteiger partial charge is 0.255 e. The van der Waals surface area contributed by atoms with Crippen LogP contribution in [-0.2, 0) is 4.79 Å². The molecule has 5 nitrogen and oxygen atoms in total. The highest BCUT2D eigenvalue weighted by Gasteiger charge is 2.07. The van der Waals surface area contributed by atoms with Crippen LogP contribution in [0.15, 0.2) is 48.5 Å². The van der Waals surface area contributed by atoms with Crippen LogP contribution >= 0.6 is 12.6 Å². The zero-order chi connectivity index (χ0) is 17.4. The Labute approximate surface area is 146 Å².